The molecule has 19 heavy (non-hydrogen) atoms. The summed E-state index contributed by atoms with van der Waals surface area (Å²) in [5.74, 6) is -1.02. The van der Waals surface area contributed by atoms with E-state index in [0.29, 0.717) is 5.82 Å². The van der Waals surface area contributed by atoms with Crippen LogP contribution in [0.1, 0.15) is 35.4 Å². The van der Waals surface area contributed by atoms with Crippen LogP contribution in [0.2, 0.25) is 0 Å². The van der Waals surface area contributed by atoms with Crippen molar-refractivity contribution in [3.63, 3.8) is 0 Å². The molecule has 2 N–H and O–H groups in total. The number of rotatable bonds is 3. The van der Waals surface area contributed by atoms with Crippen LogP contribution in [0.25, 0.3) is 11.3 Å². The van der Waals surface area contributed by atoms with Gasteiger partial charge < -0.3 is 10.1 Å². The molecule has 0 amide bonds. The largest absolute Gasteiger partial charge is 0.481 e. The number of aryl methyl sites for hydroxylation is 1. The molecule has 4 heteroatoms. The van der Waals surface area contributed by atoms with E-state index in [1.165, 1.54) is 16.7 Å². The molecule has 2 rings (SSSR count). The lowest BCUT2D eigenvalue weighted by atomic mass is 9.97. The molecule has 1 aromatic heterocycles. The van der Waals surface area contributed by atoms with Crippen molar-refractivity contribution in [2.45, 2.75) is 33.6 Å². The van der Waals surface area contributed by atoms with E-state index in [4.69, 9.17) is 5.11 Å². The quantitative estimate of drug-likeness (QED) is 0.888. The van der Waals surface area contributed by atoms with Crippen LogP contribution < -0.4 is 0 Å². The minimum Gasteiger partial charge on any atom is -0.481 e. The number of carbonyl (C=O) groups is 1. The standard InChI is InChI=1S/C15H18N2O2/c1-8-5-6-12(10(3)9(8)2)13-7-16-14(17-13)11(4)15(18)19/h5-7,11H,1-4H3,(H,16,17)(H,18,19). The number of carboxylic acids is 1. The Kier molecular flexibility index (Phi) is 3.42. The average Bonchev–Trinajstić information content (AvgIpc) is 2.84. The number of hydrogen-bond donors (Lipinski definition) is 2. The predicted molar refractivity (Wildman–Crippen MR) is 74.3 cm³/mol. The molecule has 1 unspecified atom stereocenters. The molecule has 0 saturated heterocycles. The first-order valence-electron chi connectivity index (χ1n) is 6.26. The predicted octanol–water partition coefficient (Wildman–Crippen LogP) is 3.19. The van der Waals surface area contributed by atoms with E-state index in [2.05, 4.69) is 36.8 Å². The zero-order valence-electron chi connectivity index (χ0n) is 11.6. The van der Waals surface area contributed by atoms with Gasteiger partial charge in [-0.2, -0.15) is 0 Å². The van der Waals surface area contributed by atoms with E-state index in [-0.39, 0.29) is 0 Å². The third-order valence-electron chi connectivity index (χ3n) is 3.72. The lowest BCUT2D eigenvalue weighted by molar-refractivity contribution is -0.138. The monoisotopic (exact) mass is 258 g/mol. The molecule has 1 atom stereocenters. The second kappa shape index (κ2) is 4.88. The van der Waals surface area contributed by atoms with Crippen molar-refractivity contribution in [3.8, 4) is 11.3 Å². The van der Waals surface area contributed by atoms with Gasteiger partial charge in [0.25, 0.3) is 0 Å². The van der Waals surface area contributed by atoms with Crippen LogP contribution in [0.3, 0.4) is 0 Å². The number of carboxylic acid groups (broad SMARTS) is 1. The minimum atomic E-state index is -0.877. The molecular formula is C15H18N2O2. The SMILES string of the molecule is Cc1ccc(-c2cnc(C(C)C(=O)O)[nH]2)c(C)c1C. The molecule has 1 aromatic carbocycles. The van der Waals surface area contributed by atoms with Gasteiger partial charge >= 0.3 is 5.97 Å². The first-order chi connectivity index (χ1) is 8.91. The highest BCUT2D eigenvalue weighted by molar-refractivity contribution is 5.75. The normalized spacial score (nSPS) is 12.4. The molecule has 0 fully saturated rings. The van der Waals surface area contributed by atoms with E-state index < -0.39 is 11.9 Å². The first kappa shape index (κ1) is 13.3. The molecule has 0 aliphatic heterocycles. The lowest BCUT2D eigenvalue weighted by Gasteiger charge is -2.09. The third-order valence-corrected chi connectivity index (χ3v) is 3.72. The van der Waals surface area contributed by atoms with Crippen LogP contribution in [-0.4, -0.2) is 21.0 Å². The van der Waals surface area contributed by atoms with E-state index in [1.54, 1.807) is 13.1 Å². The summed E-state index contributed by atoms with van der Waals surface area (Å²) in [6.07, 6.45) is 1.70. The molecule has 0 bridgehead atoms. The number of aliphatic carboxylic acids is 1. The Morgan fingerprint density at radius 1 is 1.26 bits per heavy atom. The van der Waals surface area contributed by atoms with E-state index >= 15 is 0 Å². The van der Waals surface area contributed by atoms with Gasteiger partial charge in [0.2, 0.25) is 0 Å². The van der Waals surface area contributed by atoms with Gasteiger partial charge in [-0.3, -0.25) is 4.79 Å². The third kappa shape index (κ3) is 2.38. The number of nitrogens with zero attached hydrogens (tertiary/aromatic N) is 1. The zero-order valence-corrected chi connectivity index (χ0v) is 11.6. The maximum Gasteiger partial charge on any atom is 0.313 e. The van der Waals surface area contributed by atoms with E-state index in [9.17, 15) is 4.79 Å². The van der Waals surface area contributed by atoms with Crippen LogP contribution in [-0.2, 0) is 4.79 Å². The van der Waals surface area contributed by atoms with Crippen LogP contribution in [0, 0.1) is 20.8 Å². The van der Waals surface area contributed by atoms with Crippen LogP contribution in [0.5, 0.6) is 0 Å². The minimum absolute atomic E-state index is 0.486. The first-order valence-corrected chi connectivity index (χ1v) is 6.26. The number of hydrogen-bond acceptors (Lipinski definition) is 2. The molecule has 2 aromatic rings. The van der Waals surface area contributed by atoms with Crippen LogP contribution >= 0.6 is 0 Å². The summed E-state index contributed by atoms with van der Waals surface area (Å²) in [4.78, 5) is 18.2. The highest BCUT2D eigenvalue weighted by Crippen LogP contribution is 2.27. The molecule has 100 valence electrons. The Morgan fingerprint density at radius 3 is 2.58 bits per heavy atom. The Morgan fingerprint density at radius 2 is 1.95 bits per heavy atom. The second-order valence-electron chi connectivity index (χ2n) is 4.92. The van der Waals surface area contributed by atoms with Crippen LogP contribution in [0.15, 0.2) is 18.3 Å². The number of benzene rings is 1. The lowest BCUT2D eigenvalue weighted by Crippen LogP contribution is -2.08. The molecule has 0 spiro atoms. The van der Waals surface area contributed by atoms with Gasteiger partial charge in [-0.25, -0.2) is 4.98 Å². The Bertz CT molecular complexity index is 629. The number of aromatic nitrogens is 2. The molecule has 0 aliphatic carbocycles. The average molecular weight is 258 g/mol. The number of H-pyrrole nitrogens is 1. The van der Waals surface area contributed by atoms with E-state index in [0.717, 1.165) is 11.3 Å². The summed E-state index contributed by atoms with van der Waals surface area (Å²) in [6, 6.07) is 4.11. The smallest absolute Gasteiger partial charge is 0.313 e. The van der Waals surface area contributed by atoms with Gasteiger partial charge in [-0.05, 0) is 44.4 Å². The van der Waals surface area contributed by atoms with Crippen molar-refractivity contribution in [3.05, 3.63) is 40.8 Å². The summed E-state index contributed by atoms with van der Waals surface area (Å²) in [5, 5.41) is 8.99. The second-order valence-corrected chi connectivity index (χ2v) is 4.92. The van der Waals surface area contributed by atoms with Gasteiger partial charge in [0.15, 0.2) is 0 Å². The summed E-state index contributed by atoms with van der Waals surface area (Å²) < 4.78 is 0. The maximum absolute atomic E-state index is 11.0. The fourth-order valence-electron chi connectivity index (χ4n) is 2.06. The molecule has 4 nitrogen and oxygen atoms in total. The van der Waals surface area contributed by atoms with Gasteiger partial charge in [-0.1, -0.05) is 12.1 Å². The summed E-state index contributed by atoms with van der Waals surface area (Å²) in [7, 11) is 0. The fraction of sp³-hybridized carbons (Fsp3) is 0.333. The Balaban J connectivity index is 2.44. The van der Waals surface area contributed by atoms with Gasteiger partial charge in [0, 0.05) is 5.56 Å². The summed E-state index contributed by atoms with van der Waals surface area (Å²) in [5.41, 5.74) is 5.63. The molecule has 1 heterocycles. The van der Waals surface area contributed by atoms with Crippen molar-refractivity contribution >= 4 is 5.97 Å². The maximum atomic E-state index is 11.0. The topological polar surface area (TPSA) is 66.0 Å². The van der Waals surface area contributed by atoms with E-state index in [1.807, 2.05) is 6.07 Å². The highest BCUT2D eigenvalue weighted by atomic mass is 16.4. The van der Waals surface area contributed by atoms with Crippen molar-refractivity contribution in [1.29, 1.82) is 0 Å². The summed E-state index contributed by atoms with van der Waals surface area (Å²) in [6.45, 7) is 7.86. The van der Waals surface area contributed by atoms with Crippen molar-refractivity contribution < 1.29 is 9.90 Å². The number of imidazole rings is 1. The van der Waals surface area contributed by atoms with Gasteiger partial charge in [0.1, 0.15) is 11.7 Å². The molecule has 0 aliphatic rings. The summed E-state index contributed by atoms with van der Waals surface area (Å²) >= 11 is 0. The van der Waals surface area contributed by atoms with Crippen molar-refractivity contribution in [2.24, 2.45) is 0 Å². The zero-order chi connectivity index (χ0) is 14.2. The van der Waals surface area contributed by atoms with Crippen molar-refractivity contribution in [2.75, 3.05) is 0 Å². The van der Waals surface area contributed by atoms with Gasteiger partial charge in [0.05, 0.1) is 11.9 Å². The number of nitrogens with one attached hydrogen (secondary N) is 1. The Hall–Kier alpha value is -2.10. The fourth-order valence-corrected chi connectivity index (χ4v) is 2.06. The highest BCUT2D eigenvalue weighted by Gasteiger charge is 2.18. The molecule has 0 saturated carbocycles. The van der Waals surface area contributed by atoms with Crippen molar-refractivity contribution in [1.82, 2.24) is 9.97 Å². The van der Waals surface area contributed by atoms with Crippen LogP contribution in [0.4, 0.5) is 0 Å². The molecular weight excluding hydrogens is 240 g/mol. The van der Waals surface area contributed by atoms with Gasteiger partial charge in [-0.15, -0.1) is 0 Å². The number of aromatic amines is 1. The Labute approximate surface area is 112 Å². The molecule has 0 radical (unpaired) electrons.